The zero-order valence-electron chi connectivity index (χ0n) is 17.1. The largest absolute Gasteiger partial charge is 0.383 e. The van der Waals surface area contributed by atoms with Gasteiger partial charge in [-0.15, -0.1) is 21.5 Å². The van der Waals surface area contributed by atoms with Gasteiger partial charge >= 0.3 is 0 Å². The van der Waals surface area contributed by atoms with Crippen LogP contribution in [0.4, 0.5) is 11.5 Å². The van der Waals surface area contributed by atoms with Crippen LogP contribution in [-0.2, 0) is 10.3 Å². The van der Waals surface area contributed by atoms with Gasteiger partial charge in [-0.25, -0.2) is 4.98 Å². The first-order chi connectivity index (χ1) is 14.6. The second-order valence-corrected chi connectivity index (χ2v) is 9.08. The Morgan fingerprint density at radius 1 is 1.17 bits per heavy atom. The topological polar surface area (TPSA) is 87.5 Å². The molecule has 1 aromatic carbocycles. The Morgan fingerprint density at radius 3 is 2.83 bits per heavy atom. The highest BCUT2D eigenvalue weighted by atomic mass is 32.1. The van der Waals surface area contributed by atoms with Gasteiger partial charge in [0.15, 0.2) is 5.82 Å². The highest BCUT2D eigenvalue weighted by molar-refractivity contribution is 7.09. The highest BCUT2D eigenvalue weighted by Crippen LogP contribution is 2.38. The Labute approximate surface area is 179 Å². The molecule has 0 spiro atoms. The van der Waals surface area contributed by atoms with Crippen molar-refractivity contribution >= 4 is 33.7 Å². The van der Waals surface area contributed by atoms with Crippen LogP contribution in [0.3, 0.4) is 0 Å². The van der Waals surface area contributed by atoms with E-state index in [4.69, 9.17) is 4.74 Å². The van der Waals surface area contributed by atoms with Crippen LogP contribution in [0.2, 0.25) is 0 Å². The van der Waals surface area contributed by atoms with E-state index in [1.165, 1.54) is 11.3 Å². The number of rotatable bonds is 4. The summed E-state index contributed by atoms with van der Waals surface area (Å²) in [5.74, 6) is 0.920. The number of aliphatic hydroxyl groups is 1. The third kappa shape index (κ3) is 3.61. The van der Waals surface area contributed by atoms with E-state index in [1.807, 2.05) is 12.3 Å². The summed E-state index contributed by atoms with van der Waals surface area (Å²) in [6.07, 6.45) is 3.70. The van der Waals surface area contributed by atoms with E-state index in [2.05, 4.69) is 48.4 Å². The molecule has 30 heavy (non-hydrogen) atoms. The molecular weight excluding hydrogens is 400 g/mol. The molecule has 0 saturated carbocycles. The minimum absolute atomic E-state index is 0.0787. The number of piperidine rings is 1. The van der Waals surface area contributed by atoms with Crippen molar-refractivity contribution in [3.05, 3.63) is 34.8 Å². The van der Waals surface area contributed by atoms with Crippen molar-refractivity contribution in [1.82, 2.24) is 20.4 Å². The van der Waals surface area contributed by atoms with Crippen LogP contribution in [0.15, 0.2) is 29.8 Å². The van der Waals surface area contributed by atoms with Gasteiger partial charge in [0.05, 0.1) is 13.2 Å². The summed E-state index contributed by atoms with van der Waals surface area (Å²) in [5.41, 5.74) is 1.03. The Balaban J connectivity index is 1.42. The lowest BCUT2D eigenvalue weighted by atomic mass is 9.83. The molecule has 0 unspecified atom stereocenters. The molecule has 0 bridgehead atoms. The fourth-order valence-electron chi connectivity index (χ4n) is 4.49. The normalized spacial score (nSPS) is 22.3. The van der Waals surface area contributed by atoms with Gasteiger partial charge in [-0.3, -0.25) is 0 Å². The molecule has 2 aromatic heterocycles. The van der Waals surface area contributed by atoms with Crippen molar-refractivity contribution < 1.29 is 9.84 Å². The molecule has 1 N–H and O–H groups in total. The first-order valence-electron chi connectivity index (χ1n) is 10.5. The van der Waals surface area contributed by atoms with Gasteiger partial charge in [0.2, 0.25) is 0 Å². The molecule has 3 aromatic rings. The van der Waals surface area contributed by atoms with Crippen LogP contribution in [-0.4, -0.2) is 64.9 Å². The standard InChI is InChI=1S/C21H26N6O2S/c1-21(28,20-22-6-12-30-20)15-3-2-7-27(14-15)19-17-5-4-16(13-18(17)23-25-24-19)26-8-10-29-11-9-26/h4-6,12-13,15,28H,2-3,7-11,14H2,1H3/t15-,21+/m0/s1. The molecule has 2 aliphatic rings. The molecule has 4 heterocycles. The fourth-order valence-corrected chi connectivity index (χ4v) is 5.26. The van der Waals surface area contributed by atoms with Crippen LogP contribution in [0.1, 0.15) is 24.8 Å². The number of nitrogens with zero attached hydrogens (tertiary/aromatic N) is 6. The van der Waals surface area contributed by atoms with Gasteiger partial charge < -0.3 is 19.6 Å². The summed E-state index contributed by atoms with van der Waals surface area (Å²) in [6, 6.07) is 6.32. The highest BCUT2D eigenvalue weighted by Gasteiger charge is 2.39. The van der Waals surface area contributed by atoms with E-state index in [0.29, 0.717) is 6.54 Å². The molecule has 2 atom stereocenters. The van der Waals surface area contributed by atoms with Gasteiger partial charge in [0.25, 0.3) is 0 Å². The quantitative estimate of drug-likeness (QED) is 0.681. The smallest absolute Gasteiger partial charge is 0.162 e. The molecule has 0 amide bonds. The summed E-state index contributed by atoms with van der Waals surface area (Å²) in [7, 11) is 0. The maximum atomic E-state index is 11.2. The molecule has 5 rings (SSSR count). The van der Waals surface area contributed by atoms with Crippen LogP contribution in [0.5, 0.6) is 0 Å². The van der Waals surface area contributed by atoms with Crippen LogP contribution < -0.4 is 9.80 Å². The number of aromatic nitrogens is 4. The number of morpholine rings is 1. The zero-order chi connectivity index (χ0) is 20.6. The first-order valence-corrected chi connectivity index (χ1v) is 11.3. The maximum absolute atomic E-state index is 11.2. The van der Waals surface area contributed by atoms with Gasteiger partial charge in [-0.05, 0) is 43.2 Å². The predicted octanol–water partition coefficient (Wildman–Crippen LogP) is 2.44. The molecule has 158 valence electrons. The molecule has 0 radical (unpaired) electrons. The lowest BCUT2D eigenvalue weighted by Crippen LogP contribution is -2.45. The van der Waals surface area contributed by atoms with Crippen molar-refractivity contribution in [3.63, 3.8) is 0 Å². The summed E-state index contributed by atoms with van der Waals surface area (Å²) in [4.78, 5) is 8.91. The molecular formula is C21H26N6O2S. The Kier molecular flexibility index (Phi) is 5.26. The number of benzene rings is 1. The van der Waals surface area contributed by atoms with Crippen molar-refractivity contribution in [1.29, 1.82) is 0 Å². The summed E-state index contributed by atoms with van der Waals surface area (Å²) in [5, 5.41) is 27.6. The van der Waals surface area contributed by atoms with E-state index in [9.17, 15) is 5.11 Å². The Morgan fingerprint density at radius 2 is 2.03 bits per heavy atom. The number of ether oxygens (including phenoxy) is 1. The third-order valence-corrected chi connectivity index (χ3v) is 7.27. The van der Waals surface area contributed by atoms with E-state index < -0.39 is 5.60 Å². The minimum Gasteiger partial charge on any atom is -0.383 e. The number of hydrogen-bond acceptors (Lipinski definition) is 9. The second-order valence-electron chi connectivity index (χ2n) is 8.18. The van der Waals surface area contributed by atoms with E-state index in [-0.39, 0.29) is 5.92 Å². The van der Waals surface area contributed by atoms with Gasteiger partial charge in [0, 0.05) is 54.7 Å². The average molecular weight is 427 g/mol. The van der Waals surface area contributed by atoms with Gasteiger partial charge in [0.1, 0.15) is 16.1 Å². The van der Waals surface area contributed by atoms with Crippen LogP contribution in [0, 0.1) is 5.92 Å². The van der Waals surface area contributed by atoms with E-state index >= 15 is 0 Å². The number of hydrogen-bond donors (Lipinski definition) is 1. The summed E-state index contributed by atoms with van der Waals surface area (Å²) < 4.78 is 5.46. The van der Waals surface area contributed by atoms with Crippen molar-refractivity contribution in [2.75, 3.05) is 49.2 Å². The zero-order valence-corrected chi connectivity index (χ0v) is 17.9. The molecule has 2 fully saturated rings. The van der Waals surface area contributed by atoms with Crippen LogP contribution in [0.25, 0.3) is 10.9 Å². The molecule has 2 aliphatic heterocycles. The maximum Gasteiger partial charge on any atom is 0.162 e. The van der Waals surface area contributed by atoms with Gasteiger partial charge in [-0.2, -0.15) is 0 Å². The molecule has 9 heteroatoms. The van der Waals surface area contributed by atoms with Crippen LogP contribution >= 0.6 is 11.3 Å². The molecule has 2 saturated heterocycles. The predicted molar refractivity (Wildman–Crippen MR) is 117 cm³/mol. The first kappa shape index (κ1) is 19.6. The van der Waals surface area contributed by atoms with Crippen molar-refractivity contribution in [3.8, 4) is 0 Å². The van der Waals surface area contributed by atoms with Crippen molar-refractivity contribution in [2.45, 2.75) is 25.4 Å². The third-order valence-electron chi connectivity index (χ3n) is 6.27. The molecule has 8 nitrogen and oxygen atoms in total. The van der Waals surface area contributed by atoms with E-state index in [1.54, 1.807) is 6.20 Å². The Hall–Kier alpha value is -2.36. The molecule has 0 aliphatic carbocycles. The van der Waals surface area contributed by atoms with E-state index in [0.717, 1.165) is 73.1 Å². The number of thiazole rings is 1. The number of fused-ring (bicyclic) bond motifs is 1. The second kappa shape index (κ2) is 8.05. The lowest BCUT2D eigenvalue weighted by Gasteiger charge is -2.40. The monoisotopic (exact) mass is 426 g/mol. The average Bonchev–Trinajstić information content (AvgIpc) is 3.35. The summed E-state index contributed by atoms with van der Waals surface area (Å²) in [6.45, 7) is 6.76. The summed E-state index contributed by atoms with van der Waals surface area (Å²) >= 11 is 1.51. The Bertz CT molecular complexity index is 1010. The number of anilines is 2. The fraction of sp³-hybridized carbons (Fsp3) is 0.524. The minimum atomic E-state index is -0.952. The lowest BCUT2D eigenvalue weighted by molar-refractivity contribution is -0.0119. The SMILES string of the molecule is C[C@](O)(c1nccs1)[C@H]1CCCN(c2nnnc3cc(N4CCOCC4)ccc23)C1. The van der Waals surface area contributed by atoms with Crippen molar-refractivity contribution in [2.24, 2.45) is 5.92 Å². The van der Waals surface area contributed by atoms with Gasteiger partial charge in [-0.1, -0.05) is 0 Å².